The molecule has 6 rings (SSSR count). The van der Waals surface area contributed by atoms with Crippen LogP contribution in [0.1, 0.15) is 13.3 Å². The van der Waals surface area contributed by atoms with Crippen LogP contribution in [0.3, 0.4) is 0 Å². The van der Waals surface area contributed by atoms with Crippen LogP contribution >= 0.6 is 11.3 Å². The van der Waals surface area contributed by atoms with Crippen LogP contribution < -0.4 is 5.32 Å². The van der Waals surface area contributed by atoms with E-state index in [4.69, 9.17) is 0 Å². The van der Waals surface area contributed by atoms with E-state index in [0.29, 0.717) is 40.4 Å². The smallest absolute Gasteiger partial charge is 0.224 e. The first-order chi connectivity index (χ1) is 17.1. The predicted molar refractivity (Wildman–Crippen MR) is 132 cm³/mol. The van der Waals surface area contributed by atoms with Crippen molar-refractivity contribution >= 4 is 45.0 Å². The largest absolute Gasteiger partial charge is 0.335 e. The van der Waals surface area contributed by atoms with Gasteiger partial charge in [0.15, 0.2) is 17.3 Å². The summed E-state index contributed by atoms with van der Waals surface area (Å²) in [7, 11) is 0. The van der Waals surface area contributed by atoms with Crippen LogP contribution in [0.15, 0.2) is 53.7 Å². The van der Waals surface area contributed by atoms with E-state index in [9.17, 15) is 4.79 Å². The van der Waals surface area contributed by atoms with Gasteiger partial charge in [0.25, 0.3) is 0 Å². The summed E-state index contributed by atoms with van der Waals surface area (Å²) in [4.78, 5) is 32.4. The van der Waals surface area contributed by atoms with Crippen LogP contribution in [0.5, 0.6) is 0 Å². The Labute approximate surface area is 201 Å². The zero-order valence-corrected chi connectivity index (χ0v) is 19.2. The van der Waals surface area contributed by atoms with Crippen molar-refractivity contribution < 1.29 is 9.18 Å². The van der Waals surface area contributed by atoms with E-state index in [1.54, 1.807) is 30.5 Å². The van der Waals surface area contributed by atoms with Crippen LogP contribution in [0.4, 0.5) is 10.1 Å². The van der Waals surface area contributed by atoms with Crippen molar-refractivity contribution in [1.82, 2.24) is 35.1 Å². The van der Waals surface area contributed by atoms with Gasteiger partial charge in [0.2, 0.25) is 5.91 Å². The SMILES string of the molecule is CCC(=O)Nc1cncc(-c2ncc3[nH]nc(-c4nc5nccc(-c6ccsc6)c5[nH]4)c3c2F)c1. The Morgan fingerprint density at radius 2 is 2.06 bits per heavy atom. The molecule has 35 heavy (non-hydrogen) atoms. The number of carbonyl (C=O) groups excluding carboxylic acids is 1. The minimum Gasteiger partial charge on any atom is -0.335 e. The van der Waals surface area contributed by atoms with E-state index >= 15 is 4.39 Å². The van der Waals surface area contributed by atoms with E-state index in [1.807, 2.05) is 22.9 Å². The molecule has 0 aliphatic heterocycles. The molecule has 0 unspecified atom stereocenters. The predicted octanol–water partition coefficient (Wildman–Crippen LogP) is 5.17. The maximum absolute atomic E-state index is 15.9. The van der Waals surface area contributed by atoms with Crippen LogP contribution in [0.2, 0.25) is 0 Å². The first kappa shape index (κ1) is 21.1. The Morgan fingerprint density at radius 1 is 1.14 bits per heavy atom. The van der Waals surface area contributed by atoms with Gasteiger partial charge in [0.05, 0.1) is 34.5 Å². The number of imidazole rings is 1. The summed E-state index contributed by atoms with van der Waals surface area (Å²) in [6.07, 6.45) is 6.53. The summed E-state index contributed by atoms with van der Waals surface area (Å²) in [5.74, 6) is -0.344. The molecule has 1 amide bonds. The number of nitrogens with one attached hydrogen (secondary N) is 3. The van der Waals surface area contributed by atoms with Crippen molar-refractivity contribution in [2.24, 2.45) is 0 Å². The van der Waals surface area contributed by atoms with Gasteiger partial charge in [0.1, 0.15) is 11.4 Å². The first-order valence-corrected chi connectivity index (χ1v) is 11.7. The molecule has 0 fully saturated rings. The van der Waals surface area contributed by atoms with Crippen molar-refractivity contribution in [3.8, 4) is 33.9 Å². The van der Waals surface area contributed by atoms with E-state index in [-0.39, 0.29) is 17.0 Å². The third-order valence-corrected chi connectivity index (χ3v) is 6.29. The Balaban J connectivity index is 1.48. The summed E-state index contributed by atoms with van der Waals surface area (Å²) in [5.41, 5.74) is 4.99. The number of rotatable bonds is 5. The number of pyridine rings is 3. The standard InChI is InChI=1S/C24H17FN8OS/c1-2-17(34)29-14-7-13(8-26-9-14)20-19(25)18-16(10-28-20)32-33-22(18)24-30-21-15(12-4-6-35-11-12)3-5-27-23(21)31-24/h3-11H,2H2,1H3,(H,29,34)(H,32,33)(H,27,30,31). The second-order valence-electron chi connectivity index (χ2n) is 7.80. The third kappa shape index (κ3) is 3.62. The molecule has 0 aliphatic rings. The van der Waals surface area contributed by atoms with E-state index in [0.717, 1.165) is 16.6 Å². The number of fused-ring (bicyclic) bond motifs is 2. The molecular formula is C24H17FN8OS. The highest BCUT2D eigenvalue weighted by molar-refractivity contribution is 7.08. The maximum Gasteiger partial charge on any atom is 0.224 e. The van der Waals surface area contributed by atoms with Crippen molar-refractivity contribution in [1.29, 1.82) is 0 Å². The topological polar surface area (TPSA) is 125 Å². The molecule has 0 atom stereocenters. The number of nitrogens with zero attached hydrogens (tertiary/aromatic N) is 5. The number of aromatic amines is 2. The van der Waals surface area contributed by atoms with E-state index < -0.39 is 5.82 Å². The number of aromatic nitrogens is 7. The molecule has 6 aromatic rings. The van der Waals surface area contributed by atoms with Gasteiger partial charge in [-0.05, 0) is 34.5 Å². The van der Waals surface area contributed by atoms with E-state index in [2.05, 4.69) is 40.4 Å². The highest BCUT2D eigenvalue weighted by Gasteiger charge is 2.21. The number of amides is 1. The number of carbonyl (C=O) groups is 1. The van der Waals surface area contributed by atoms with Crippen LogP contribution in [0.25, 0.3) is 56.0 Å². The summed E-state index contributed by atoms with van der Waals surface area (Å²) in [6, 6.07) is 5.57. The molecule has 6 aromatic heterocycles. The highest BCUT2D eigenvalue weighted by Crippen LogP contribution is 2.34. The Morgan fingerprint density at radius 3 is 2.89 bits per heavy atom. The molecule has 6 heterocycles. The fourth-order valence-corrected chi connectivity index (χ4v) is 4.57. The summed E-state index contributed by atoms with van der Waals surface area (Å²) < 4.78 is 15.9. The molecular weight excluding hydrogens is 467 g/mol. The molecule has 0 aliphatic carbocycles. The van der Waals surface area contributed by atoms with Gasteiger partial charge in [-0.15, -0.1) is 0 Å². The third-order valence-electron chi connectivity index (χ3n) is 5.61. The number of hydrogen-bond acceptors (Lipinski definition) is 7. The molecule has 0 aromatic carbocycles. The molecule has 0 saturated heterocycles. The number of anilines is 1. The lowest BCUT2D eigenvalue weighted by molar-refractivity contribution is -0.115. The Hall–Kier alpha value is -4.51. The van der Waals surface area contributed by atoms with Crippen LogP contribution in [0, 0.1) is 5.82 Å². The van der Waals surface area contributed by atoms with Gasteiger partial charge in [-0.25, -0.2) is 14.4 Å². The average molecular weight is 485 g/mol. The molecule has 0 spiro atoms. The average Bonchev–Trinajstić information content (AvgIpc) is 3.63. The minimum atomic E-state index is -0.571. The lowest BCUT2D eigenvalue weighted by Crippen LogP contribution is -2.09. The summed E-state index contributed by atoms with van der Waals surface area (Å²) in [6.45, 7) is 1.75. The summed E-state index contributed by atoms with van der Waals surface area (Å²) in [5, 5.41) is 14.2. The Bertz CT molecular complexity index is 1710. The molecule has 0 radical (unpaired) electrons. The lowest BCUT2D eigenvalue weighted by atomic mass is 10.1. The van der Waals surface area contributed by atoms with Crippen molar-refractivity contribution in [3.05, 3.63) is 59.6 Å². The van der Waals surface area contributed by atoms with Crippen molar-refractivity contribution in [2.45, 2.75) is 13.3 Å². The van der Waals surface area contributed by atoms with Crippen molar-refractivity contribution in [2.75, 3.05) is 5.32 Å². The van der Waals surface area contributed by atoms with Gasteiger partial charge in [0, 0.05) is 29.9 Å². The molecule has 0 bridgehead atoms. The Kier molecular flexibility index (Phi) is 5.03. The zero-order valence-electron chi connectivity index (χ0n) is 18.3. The van der Waals surface area contributed by atoms with Gasteiger partial charge < -0.3 is 10.3 Å². The van der Waals surface area contributed by atoms with Gasteiger partial charge >= 0.3 is 0 Å². The van der Waals surface area contributed by atoms with Gasteiger partial charge in [-0.3, -0.25) is 19.9 Å². The maximum atomic E-state index is 15.9. The summed E-state index contributed by atoms with van der Waals surface area (Å²) >= 11 is 1.60. The molecule has 172 valence electrons. The minimum absolute atomic E-state index is 0.0912. The van der Waals surface area contributed by atoms with E-state index in [1.165, 1.54) is 18.6 Å². The number of H-pyrrole nitrogens is 2. The van der Waals surface area contributed by atoms with Gasteiger partial charge in [-0.1, -0.05) is 6.92 Å². The molecule has 11 heteroatoms. The second-order valence-corrected chi connectivity index (χ2v) is 8.58. The quantitative estimate of drug-likeness (QED) is 0.310. The number of thiophene rings is 1. The lowest BCUT2D eigenvalue weighted by Gasteiger charge is -2.07. The van der Waals surface area contributed by atoms with Crippen LogP contribution in [-0.4, -0.2) is 41.0 Å². The van der Waals surface area contributed by atoms with Gasteiger partial charge in [-0.2, -0.15) is 16.4 Å². The molecule has 0 saturated carbocycles. The van der Waals surface area contributed by atoms with Crippen LogP contribution in [-0.2, 0) is 4.79 Å². The fourth-order valence-electron chi connectivity index (χ4n) is 3.92. The fraction of sp³-hybridized carbons (Fsp3) is 0.0833. The zero-order chi connectivity index (χ0) is 23.9. The molecule has 9 nitrogen and oxygen atoms in total. The van der Waals surface area contributed by atoms with Crippen molar-refractivity contribution in [3.63, 3.8) is 0 Å². The highest BCUT2D eigenvalue weighted by atomic mass is 32.1. The molecule has 3 N–H and O–H groups in total. The number of hydrogen-bond donors (Lipinski definition) is 3. The normalized spacial score (nSPS) is 11.4. The monoisotopic (exact) mass is 484 g/mol. The first-order valence-electron chi connectivity index (χ1n) is 10.8. The second kappa shape index (κ2) is 8.37. The number of halogens is 1.